The largest absolute Gasteiger partial charge is 0.463 e. The van der Waals surface area contributed by atoms with Crippen molar-refractivity contribution in [3.8, 4) is 0 Å². The van der Waals surface area contributed by atoms with Gasteiger partial charge in [0.2, 0.25) is 11.9 Å². The molecule has 0 aliphatic carbocycles. The molecule has 0 bridgehead atoms. The van der Waals surface area contributed by atoms with Gasteiger partial charge in [0.25, 0.3) is 0 Å². The summed E-state index contributed by atoms with van der Waals surface area (Å²) in [6.07, 6.45) is 0.914. The van der Waals surface area contributed by atoms with E-state index in [1.165, 1.54) is 6.92 Å². The Hall–Kier alpha value is -2.56. The first-order valence-electron chi connectivity index (χ1n) is 6.72. The zero-order valence-electron chi connectivity index (χ0n) is 12.6. The van der Waals surface area contributed by atoms with Crippen LogP contribution in [0.15, 0.2) is 6.20 Å². The monoisotopic (exact) mass is 343 g/mol. The standard InChI is InChI=1S/C12H17N5O5S/c1-3-22-11(19)8(4-5-9(18)15-12(13)23)16-7(2)14-6-10(16)17(20)21/h6,8H,3-5H2,1-2H3,(H3,13,15,18,23). The van der Waals surface area contributed by atoms with E-state index in [4.69, 9.17) is 10.5 Å². The highest BCUT2D eigenvalue weighted by molar-refractivity contribution is 7.80. The van der Waals surface area contributed by atoms with Gasteiger partial charge in [-0.25, -0.2) is 9.78 Å². The molecule has 0 saturated heterocycles. The molecule has 0 spiro atoms. The lowest BCUT2D eigenvalue weighted by atomic mass is 10.1. The van der Waals surface area contributed by atoms with Crippen molar-refractivity contribution in [2.24, 2.45) is 5.73 Å². The first-order chi connectivity index (χ1) is 10.8. The van der Waals surface area contributed by atoms with E-state index < -0.39 is 22.8 Å². The molecule has 1 heterocycles. The van der Waals surface area contributed by atoms with Crippen molar-refractivity contribution in [2.75, 3.05) is 6.61 Å². The minimum atomic E-state index is -1.05. The maximum Gasteiger partial charge on any atom is 0.351 e. The highest BCUT2D eigenvalue weighted by atomic mass is 32.1. The number of nitro groups is 1. The fourth-order valence-electron chi connectivity index (χ4n) is 2.02. The number of aryl methyl sites for hydroxylation is 1. The van der Waals surface area contributed by atoms with E-state index in [0.29, 0.717) is 0 Å². The van der Waals surface area contributed by atoms with E-state index in [2.05, 4.69) is 22.5 Å². The molecule has 0 aliphatic rings. The van der Waals surface area contributed by atoms with Crippen LogP contribution in [-0.2, 0) is 14.3 Å². The summed E-state index contributed by atoms with van der Waals surface area (Å²) >= 11 is 4.55. The smallest absolute Gasteiger partial charge is 0.351 e. The molecule has 23 heavy (non-hydrogen) atoms. The van der Waals surface area contributed by atoms with Crippen LogP contribution in [0.2, 0.25) is 0 Å². The predicted octanol–water partition coefficient (Wildman–Crippen LogP) is 0.344. The molecule has 1 aromatic heterocycles. The van der Waals surface area contributed by atoms with Gasteiger partial charge < -0.3 is 25.9 Å². The summed E-state index contributed by atoms with van der Waals surface area (Å²) < 4.78 is 6.08. The van der Waals surface area contributed by atoms with Crippen molar-refractivity contribution in [1.29, 1.82) is 0 Å². The molecule has 1 unspecified atom stereocenters. The highest BCUT2D eigenvalue weighted by Crippen LogP contribution is 2.25. The SMILES string of the molecule is CCOC(=O)C(CCC(=O)NC(N)=S)n1c([N+](=O)[O-])cnc1C. The minimum Gasteiger partial charge on any atom is -0.463 e. The zero-order valence-corrected chi connectivity index (χ0v) is 13.5. The van der Waals surface area contributed by atoms with E-state index in [1.54, 1.807) is 6.92 Å². The molecule has 10 nitrogen and oxygen atoms in total. The second-order valence-corrected chi connectivity index (χ2v) is 4.95. The molecular weight excluding hydrogens is 326 g/mol. The number of nitrogens with zero attached hydrogens (tertiary/aromatic N) is 3. The Morgan fingerprint density at radius 3 is 2.78 bits per heavy atom. The molecule has 0 aromatic carbocycles. The van der Waals surface area contributed by atoms with Gasteiger partial charge in [-0.1, -0.05) is 0 Å². The minimum absolute atomic E-state index is 0.0225. The van der Waals surface area contributed by atoms with Gasteiger partial charge in [0, 0.05) is 19.8 Å². The van der Waals surface area contributed by atoms with Crippen LogP contribution < -0.4 is 11.1 Å². The average molecular weight is 343 g/mol. The van der Waals surface area contributed by atoms with Crippen molar-refractivity contribution >= 4 is 35.0 Å². The number of aromatic nitrogens is 2. The van der Waals surface area contributed by atoms with Crippen LogP contribution in [0.25, 0.3) is 0 Å². The third kappa shape index (κ3) is 4.98. The number of nitrogens with two attached hydrogens (primary N) is 1. The van der Waals surface area contributed by atoms with E-state index in [0.717, 1.165) is 10.8 Å². The van der Waals surface area contributed by atoms with Crippen molar-refractivity contribution in [2.45, 2.75) is 32.7 Å². The maximum absolute atomic E-state index is 12.1. The predicted molar refractivity (Wildman–Crippen MR) is 83.5 cm³/mol. The Bertz CT molecular complexity index is 629. The Morgan fingerprint density at radius 1 is 1.61 bits per heavy atom. The lowest BCUT2D eigenvalue weighted by Gasteiger charge is -2.15. The number of imidazole rings is 1. The number of hydrogen-bond donors (Lipinski definition) is 2. The summed E-state index contributed by atoms with van der Waals surface area (Å²) in [5.41, 5.74) is 5.19. The molecule has 1 atom stereocenters. The van der Waals surface area contributed by atoms with Gasteiger partial charge in [0.15, 0.2) is 10.9 Å². The van der Waals surface area contributed by atoms with Crippen LogP contribution >= 0.6 is 12.2 Å². The third-order valence-electron chi connectivity index (χ3n) is 2.93. The molecule has 1 amide bonds. The second kappa shape index (κ2) is 8.17. The first-order valence-corrected chi connectivity index (χ1v) is 7.12. The van der Waals surface area contributed by atoms with Crippen LogP contribution in [0.4, 0.5) is 5.82 Å². The molecule has 11 heteroatoms. The Morgan fingerprint density at radius 2 is 2.26 bits per heavy atom. The van der Waals surface area contributed by atoms with Crippen LogP contribution in [-0.4, -0.2) is 38.1 Å². The van der Waals surface area contributed by atoms with Crippen molar-refractivity contribution < 1.29 is 19.2 Å². The Kier molecular flexibility index (Phi) is 6.57. The number of rotatable bonds is 7. The number of hydrogen-bond acceptors (Lipinski definition) is 7. The van der Waals surface area contributed by atoms with Crippen LogP contribution in [0, 0.1) is 17.0 Å². The highest BCUT2D eigenvalue weighted by Gasteiger charge is 2.33. The molecule has 3 N–H and O–H groups in total. The number of amides is 1. The van der Waals surface area contributed by atoms with Crippen LogP contribution in [0.1, 0.15) is 31.6 Å². The number of nitrogens with one attached hydrogen (secondary N) is 1. The van der Waals surface area contributed by atoms with Crippen LogP contribution in [0.3, 0.4) is 0 Å². The third-order valence-corrected chi connectivity index (χ3v) is 3.03. The fraction of sp³-hybridized carbons (Fsp3) is 0.500. The lowest BCUT2D eigenvalue weighted by Crippen LogP contribution is -2.35. The van der Waals surface area contributed by atoms with Crippen molar-refractivity contribution in [3.63, 3.8) is 0 Å². The number of ether oxygens (including phenoxy) is 1. The van der Waals surface area contributed by atoms with Gasteiger partial charge in [-0.15, -0.1) is 0 Å². The van der Waals surface area contributed by atoms with Gasteiger partial charge in [0.05, 0.1) is 6.61 Å². The van der Waals surface area contributed by atoms with Gasteiger partial charge in [-0.2, -0.15) is 4.57 Å². The van der Waals surface area contributed by atoms with Gasteiger partial charge in [-0.3, -0.25) is 4.79 Å². The van der Waals surface area contributed by atoms with Gasteiger partial charge in [0.1, 0.15) is 6.20 Å². The summed E-state index contributed by atoms with van der Waals surface area (Å²) in [7, 11) is 0. The summed E-state index contributed by atoms with van der Waals surface area (Å²) in [5, 5.41) is 13.1. The molecule has 1 aromatic rings. The average Bonchev–Trinajstić information content (AvgIpc) is 2.81. The van der Waals surface area contributed by atoms with Gasteiger partial charge >= 0.3 is 11.8 Å². The molecule has 0 radical (unpaired) electrons. The Balaban J connectivity index is 3.04. The molecular formula is C12H17N5O5S. The molecule has 1 rings (SSSR count). The molecule has 0 saturated carbocycles. The summed E-state index contributed by atoms with van der Waals surface area (Å²) in [6.45, 7) is 3.24. The van der Waals surface area contributed by atoms with Crippen LogP contribution in [0.5, 0.6) is 0 Å². The molecule has 0 aliphatic heterocycles. The van der Waals surface area contributed by atoms with Crippen molar-refractivity contribution in [1.82, 2.24) is 14.9 Å². The van der Waals surface area contributed by atoms with E-state index >= 15 is 0 Å². The number of esters is 1. The Labute approximate surface area is 137 Å². The second-order valence-electron chi connectivity index (χ2n) is 4.51. The fourth-order valence-corrected chi connectivity index (χ4v) is 2.13. The quantitative estimate of drug-likeness (QED) is 0.312. The topological polar surface area (TPSA) is 142 Å². The molecule has 0 fully saturated rings. The number of carbonyl (C=O) groups is 2. The molecule has 126 valence electrons. The first kappa shape index (κ1) is 18.5. The number of thiocarbonyl (C=S) groups is 1. The normalized spacial score (nSPS) is 11.6. The van der Waals surface area contributed by atoms with Crippen molar-refractivity contribution in [3.05, 3.63) is 22.1 Å². The summed E-state index contributed by atoms with van der Waals surface area (Å²) in [6, 6.07) is -1.05. The van der Waals surface area contributed by atoms with Gasteiger partial charge in [-0.05, 0) is 24.1 Å². The van der Waals surface area contributed by atoms with E-state index in [-0.39, 0.29) is 36.2 Å². The zero-order chi connectivity index (χ0) is 17.6. The van der Waals surface area contributed by atoms with E-state index in [1.807, 2.05) is 0 Å². The lowest BCUT2D eigenvalue weighted by molar-refractivity contribution is -0.392. The summed E-state index contributed by atoms with van der Waals surface area (Å²) in [5.74, 6) is -1.26. The summed E-state index contributed by atoms with van der Waals surface area (Å²) in [4.78, 5) is 38.0. The maximum atomic E-state index is 12.1. The number of carbonyl (C=O) groups excluding carboxylic acids is 2. The van der Waals surface area contributed by atoms with E-state index in [9.17, 15) is 19.7 Å².